The Kier molecular flexibility index (Phi) is 12.7. The van der Waals surface area contributed by atoms with Gasteiger partial charge >= 0.3 is 11.9 Å². The fraction of sp³-hybridized carbons (Fsp3) is 0.643. The van der Waals surface area contributed by atoms with Crippen LogP contribution in [0.25, 0.3) is 0 Å². The Morgan fingerprint density at radius 1 is 1.08 bits per heavy atom. The Balaban J connectivity index is 0. The van der Waals surface area contributed by atoms with Gasteiger partial charge < -0.3 is 31.4 Å². The smallest absolute Gasteiger partial charge is 0.326 e. The van der Waals surface area contributed by atoms with Crippen LogP contribution in [0.15, 0.2) is 0 Å². The molecule has 3 unspecified atom stereocenters. The van der Waals surface area contributed by atoms with Crippen LogP contribution < -0.4 is 16.4 Å². The first-order chi connectivity index (χ1) is 11.5. The van der Waals surface area contributed by atoms with E-state index in [0.29, 0.717) is 0 Å². The number of carboxylic acids is 2. The van der Waals surface area contributed by atoms with Gasteiger partial charge in [0.05, 0.1) is 12.5 Å². The lowest BCUT2D eigenvalue weighted by Crippen LogP contribution is -2.54. The lowest BCUT2D eigenvalue weighted by molar-refractivity contribution is -0.147. The minimum absolute atomic E-state index is 0.126. The summed E-state index contributed by atoms with van der Waals surface area (Å²) < 4.78 is 10.4. The van der Waals surface area contributed by atoms with E-state index in [-0.39, 0.29) is 12.2 Å². The molecule has 0 aliphatic rings. The van der Waals surface area contributed by atoms with Crippen LogP contribution in [0, 0.1) is 5.92 Å². The van der Waals surface area contributed by atoms with Gasteiger partial charge in [0, 0.05) is 0 Å². The van der Waals surface area contributed by atoms with Crippen molar-refractivity contribution in [3.05, 3.63) is 0 Å². The normalized spacial score (nSPS) is 13.5. The molecule has 0 aromatic heterocycles. The number of hydrogen-bond donors (Lipinski definition) is 5. The zero-order valence-electron chi connectivity index (χ0n) is 14.2. The molecule has 0 aliphatic carbocycles. The molecule has 11 heteroatoms. The lowest BCUT2D eigenvalue weighted by Gasteiger charge is -2.20. The number of nitrogens with two attached hydrogens (primary N) is 1. The first kappa shape index (κ1) is 24.7. The standard InChI is InChI=1S/C12H21N3O6.C2H3FO/c1-5(2)9(13)11(19)14-6(3)10(18)15-7(12(20)21)4-8(16)17;3-1-2-4/h5-7,9H,4,13H2,1-3H3,(H,14,19)(H,15,18)(H,16,17)(H,20,21);2H,1H2. The molecule has 0 aromatic carbocycles. The number of aldehydes is 1. The topological polar surface area (TPSA) is 176 Å². The highest BCUT2D eigenvalue weighted by atomic mass is 19.1. The van der Waals surface area contributed by atoms with Crippen molar-refractivity contribution in [2.45, 2.75) is 45.3 Å². The summed E-state index contributed by atoms with van der Waals surface area (Å²) in [5, 5.41) is 21.8. The van der Waals surface area contributed by atoms with Crippen molar-refractivity contribution >= 4 is 30.0 Å². The van der Waals surface area contributed by atoms with E-state index in [1.54, 1.807) is 13.8 Å². The molecule has 0 bridgehead atoms. The molecule has 0 aromatic rings. The molecule has 0 rings (SSSR count). The van der Waals surface area contributed by atoms with Gasteiger partial charge in [-0.1, -0.05) is 13.8 Å². The van der Waals surface area contributed by atoms with E-state index in [9.17, 15) is 23.6 Å². The van der Waals surface area contributed by atoms with E-state index < -0.39 is 55.0 Å². The molecular weight excluding hydrogens is 341 g/mol. The quantitative estimate of drug-likeness (QED) is 0.312. The second-order valence-electron chi connectivity index (χ2n) is 5.32. The Morgan fingerprint density at radius 2 is 1.56 bits per heavy atom. The van der Waals surface area contributed by atoms with Crippen LogP contribution >= 0.6 is 0 Å². The molecule has 0 saturated heterocycles. The summed E-state index contributed by atoms with van der Waals surface area (Å²) in [5.41, 5.74) is 5.61. The molecule has 0 radical (unpaired) electrons. The summed E-state index contributed by atoms with van der Waals surface area (Å²) in [6, 6.07) is -3.39. The maximum atomic E-state index is 11.7. The van der Waals surface area contributed by atoms with Crippen LogP contribution in [0.1, 0.15) is 27.2 Å². The second-order valence-corrected chi connectivity index (χ2v) is 5.32. The van der Waals surface area contributed by atoms with Crippen LogP contribution in [0.3, 0.4) is 0 Å². The first-order valence-electron chi connectivity index (χ1n) is 7.28. The van der Waals surface area contributed by atoms with Crippen LogP contribution in [-0.4, -0.2) is 65.1 Å². The van der Waals surface area contributed by atoms with E-state index in [1.807, 2.05) is 5.32 Å². The average molecular weight is 365 g/mol. The zero-order chi connectivity index (χ0) is 20.2. The van der Waals surface area contributed by atoms with E-state index in [1.165, 1.54) is 6.92 Å². The number of carbonyl (C=O) groups excluding carboxylic acids is 3. The Bertz CT molecular complexity index is 485. The second kappa shape index (κ2) is 12.8. The van der Waals surface area contributed by atoms with Crippen molar-refractivity contribution < 1.29 is 38.6 Å². The maximum Gasteiger partial charge on any atom is 0.326 e. The minimum atomic E-state index is -1.56. The van der Waals surface area contributed by atoms with Gasteiger partial charge in [-0.25, -0.2) is 9.18 Å². The van der Waals surface area contributed by atoms with Crippen molar-refractivity contribution in [2.75, 3.05) is 6.67 Å². The number of hydrogen-bond acceptors (Lipinski definition) is 6. The summed E-state index contributed by atoms with van der Waals surface area (Å²) in [4.78, 5) is 53.5. The third-order valence-corrected chi connectivity index (χ3v) is 2.83. The summed E-state index contributed by atoms with van der Waals surface area (Å²) >= 11 is 0. The number of carboxylic acid groups (broad SMARTS) is 2. The molecule has 0 saturated carbocycles. The number of rotatable bonds is 9. The number of halogens is 1. The molecule has 2 amide bonds. The van der Waals surface area contributed by atoms with Gasteiger partial charge in [-0.2, -0.15) is 0 Å². The fourth-order valence-electron chi connectivity index (χ4n) is 1.35. The molecule has 0 heterocycles. The van der Waals surface area contributed by atoms with Crippen molar-refractivity contribution in [3.63, 3.8) is 0 Å². The van der Waals surface area contributed by atoms with Gasteiger partial charge in [-0.3, -0.25) is 14.4 Å². The van der Waals surface area contributed by atoms with E-state index >= 15 is 0 Å². The summed E-state index contributed by atoms with van der Waals surface area (Å²) in [5.74, 6) is -4.30. The van der Waals surface area contributed by atoms with E-state index in [2.05, 4.69) is 5.32 Å². The molecule has 6 N–H and O–H groups in total. The number of amides is 2. The van der Waals surface area contributed by atoms with E-state index in [0.717, 1.165) is 0 Å². The van der Waals surface area contributed by atoms with Gasteiger partial charge in [0.2, 0.25) is 11.8 Å². The Labute approximate surface area is 143 Å². The molecule has 25 heavy (non-hydrogen) atoms. The van der Waals surface area contributed by atoms with Gasteiger partial charge in [-0.05, 0) is 12.8 Å². The third kappa shape index (κ3) is 11.6. The van der Waals surface area contributed by atoms with Crippen molar-refractivity contribution in [1.82, 2.24) is 10.6 Å². The molecule has 144 valence electrons. The van der Waals surface area contributed by atoms with Crippen molar-refractivity contribution in [1.29, 1.82) is 0 Å². The number of carbonyl (C=O) groups is 5. The largest absolute Gasteiger partial charge is 0.481 e. The van der Waals surface area contributed by atoms with Crippen molar-refractivity contribution in [3.8, 4) is 0 Å². The average Bonchev–Trinajstić information content (AvgIpc) is 2.52. The number of alkyl halides is 1. The SMILES string of the molecule is CC(NC(=O)C(N)C(C)C)C(=O)NC(CC(=O)O)C(=O)O.O=CCF. The van der Waals surface area contributed by atoms with Crippen LogP contribution in [0.5, 0.6) is 0 Å². The van der Waals surface area contributed by atoms with Crippen LogP contribution in [0.2, 0.25) is 0 Å². The van der Waals surface area contributed by atoms with Crippen LogP contribution in [-0.2, 0) is 24.0 Å². The highest BCUT2D eigenvalue weighted by molar-refractivity contribution is 5.92. The van der Waals surface area contributed by atoms with Gasteiger partial charge in [0.15, 0.2) is 6.29 Å². The molecule has 3 atom stereocenters. The molecular formula is C14H24FN3O7. The van der Waals surface area contributed by atoms with E-state index in [4.69, 9.17) is 20.7 Å². The molecule has 0 spiro atoms. The third-order valence-electron chi connectivity index (χ3n) is 2.83. The lowest BCUT2D eigenvalue weighted by atomic mass is 10.0. The maximum absolute atomic E-state index is 11.7. The number of nitrogens with one attached hydrogen (secondary N) is 2. The Hall–Kier alpha value is -2.56. The monoisotopic (exact) mass is 365 g/mol. The predicted molar refractivity (Wildman–Crippen MR) is 84.3 cm³/mol. The van der Waals surface area contributed by atoms with Gasteiger partial charge in [-0.15, -0.1) is 0 Å². The summed E-state index contributed by atoms with van der Waals surface area (Å²) in [6.07, 6.45) is -0.548. The first-order valence-corrected chi connectivity index (χ1v) is 7.28. The number of aliphatic carboxylic acids is 2. The Morgan fingerprint density at radius 3 is 1.88 bits per heavy atom. The fourth-order valence-corrected chi connectivity index (χ4v) is 1.35. The van der Waals surface area contributed by atoms with Gasteiger partial charge in [0.25, 0.3) is 0 Å². The highest BCUT2D eigenvalue weighted by Crippen LogP contribution is 1.99. The zero-order valence-corrected chi connectivity index (χ0v) is 14.2. The summed E-state index contributed by atoms with van der Waals surface area (Å²) in [6.45, 7) is 3.96. The van der Waals surface area contributed by atoms with Crippen LogP contribution in [0.4, 0.5) is 4.39 Å². The molecule has 0 fully saturated rings. The van der Waals surface area contributed by atoms with Crippen molar-refractivity contribution in [2.24, 2.45) is 11.7 Å². The summed E-state index contributed by atoms with van der Waals surface area (Å²) in [7, 11) is 0. The predicted octanol–water partition coefficient (Wildman–Crippen LogP) is -1.33. The van der Waals surface area contributed by atoms with Gasteiger partial charge in [0.1, 0.15) is 18.8 Å². The molecule has 10 nitrogen and oxygen atoms in total. The molecule has 0 aliphatic heterocycles. The highest BCUT2D eigenvalue weighted by Gasteiger charge is 2.27. The minimum Gasteiger partial charge on any atom is -0.481 e.